The Bertz CT molecular complexity index is 1000. The second-order valence-electron chi connectivity index (χ2n) is 6.57. The molecule has 0 atom stereocenters. The van der Waals surface area contributed by atoms with Crippen LogP contribution in [0.15, 0.2) is 48.5 Å². The van der Waals surface area contributed by atoms with E-state index in [-0.39, 0.29) is 5.91 Å². The van der Waals surface area contributed by atoms with Crippen molar-refractivity contribution >= 4 is 51.5 Å². The minimum absolute atomic E-state index is 0.00829. The van der Waals surface area contributed by atoms with E-state index in [2.05, 4.69) is 10.3 Å². The van der Waals surface area contributed by atoms with Gasteiger partial charge in [0.05, 0.1) is 11.2 Å². The quantitative estimate of drug-likeness (QED) is 0.665. The van der Waals surface area contributed by atoms with E-state index < -0.39 is 0 Å². The zero-order valence-electron chi connectivity index (χ0n) is 15.0. The van der Waals surface area contributed by atoms with Gasteiger partial charge in [-0.25, -0.2) is 4.98 Å². The van der Waals surface area contributed by atoms with E-state index in [9.17, 15) is 4.79 Å². The molecule has 1 fully saturated rings. The molecule has 1 N–H and O–H groups in total. The topological polar surface area (TPSA) is 45.2 Å². The van der Waals surface area contributed by atoms with Gasteiger partial charge in [-0.05, 0) is 36.8 Å². The number of para-hydroxylation sites is 1. The summed E-state index contributed by atoms with van der Waals surface area (Å²) >= 11 is 8.15. The Balaban J connectivity index is 1.74. The number of nitrogens with one attached hydrogen (secondary N) is 1. The summed E-state index contributed by atoms with van der Waals surface area (Å²) in [7, 11) is 0. The number of thioether (sulfide) groups is 1. The summed E-state index contributed by atoms with van der Waals surface area (Å²) in [6, 6.07) is 15.6. The molecule has 2 aromatic carbocycles. The van der Waals surface area contributed by atoms with Crippen molar-refractivity contribution in [2.75, 3.05) is 29.9 Å². The van der Waals surface area contributed by atoms with Crippen molar-refractivity contribution in [1.82, 2.24) is 9.88 Å². The van der Waals surface area contributed by atoms with Crippen molar-refractivity contribution in [2.24, 2.45) is 0 Å². The third-order valence-electron chi connectivity index (χ3n) is 4.68. The predicted octanol–water partition coefficient (Wildman–Crippen LogP) is 5.13. The van der Waals surface area contributed by atoms with Crippen LogP contribution >= 0.6 is 23.4 Å². The molecule has 0 spiro atoms. The molecule has 0 radical (unpaired) electrons. The second-order valence-corrected chi connectivity index (χ2v) is 8.20. The normalized spacial score (nSPS) is 14.4. The number of benzene rings is 2. The van der Waals surface area contributed by atoms with Gasteiger partial charge >= 0.3 is 0 Å². The van der Waals surface area contributed by atoms with E-state index in [0.717, 1.165) is 52.4 Å². The van der Waals surface area contributed by atoms with Crippen LogP contribution in [0.25, 0.3) is 10.9 Å². The Morgan fingerprint density at radius 3 is 2.70 bits per heavy atom. The minimum atomic E-state index is -0.00829. The van der Waals surface area contributed by atoms with Crippen LogP contribution < -0.4 is 5.32 Å². The molecule has 6 heteroatoms. The molecule has 1 saturated heterocycles. The van der Waals surface area contributed by atoms with Crippen LogP contribution in [-0.4, -0.2) is 40.4 Å². The number of halogens is 1. The lowest BCUT2D eigenvalue weighted by atomic mass is 10.1. The maximum absolute atomic E-state index is 13.0. The molecule has 4 rings (SSSR count). The molecular weight excluding hydrogens is 378 g/mol. The van der Waals surface area contributed by atoms with Gasteiger partial charge < -0.3 is 10.2 Å². The number of carbonyl (C=O) groups is 1. The molecule has 0 saturated carbocycles. The molecule has 3 aromatic rings. The van der Waals surface area contributed by atoms with Gasteiger partial charge in [0, 0.05) is 40.7 Å². The van der Waals surface area contributed by atoms with Gasteiger partial charge in [-0.3, -0.25) is 4.79 Å². The van der Waals surface area contributed by atoms with E-state index in [0.29, 0.717) is 10.7 Å². The third-order valence-corrected chi connectivity index (χ3v) is 6.03. The molecule has 4 nitrogen and oxygen atoms in total. The lowest BCUT2D eigenvalue weighted by Gasteiger charge is -2.26. The van der Waals surface area contributed by atoms with Gasteiger partial charge in [0.25, 0.3) is 5.91 Å². The molecule has 1 aromatic heterocycles. The highest BCUT2D eigenvalue weighted by atomic mass is 35.5. The first-order chi connectivity index (χ1) is 13.1. The Hall–Kier alpha value is -2.24. The molecular formula is C21H20ClN3OS. The lowest BCUT2D eigenvalue weighted by Crippen LogP contribution is -2.38. The fourth-order valence-corrected chi connectivity index (χ4v) is 4.23. The fraction of sp³-hybridized carbons (Fsp3) is 0.238. The van der Waals surface area contributed by atoms with Crippen molar-refractivity contribution in [3.63, 3.8) is 0 Å². The summed E-state index contributed by atoms with van der Waals surface area (Å²) in [5.74, 6) is 1.95. The number of nitrogens with zero attached hydrogens (tertiary/aromatic N) is 2. The van der Waals surface area contributed by atoms with Gasteiger partial charge in [-0.15, -0.1) is 0 Å². The van der Waals surface area contributed by atoms with Crippen LogP contribution in [-0.2, 0) is 0 Å². The first-order valence-corrected chi connectivity index (χ1v) is 10.4. The maximum Gasteiger partial charge on any atom is 0.272 e. The first-order valence-electron chi connectivity index (χ1n) is 8.92. The number of hydrogen-bond acceptors (Lipinski definition) is 4. The van der Waals surface area contributed by atoms with Gasteiger partial charge in [-0.1, -0.05) is 35.9 Å². The number of pyridine rings is 1. The van der Waals surface area contributed by atoms with Crippen molar-refractivity contribution in [1.29, 1.82) is 0 Å². The van der Waals surface area contributed by atoms with E-state index >= 15 is 0 Å². The predicted molar refractivity (Wildman–Crippen MR) is 114 cm³/mol. The maximum atomic E-state index is 13.0. The zero-order chi connectivity index (χ0) is 18.8. The van der Waals surface area contributed by atoms with E-state index in [4.69, 9.17) is 11.6 Å². The molecule has 2 heterocycles. The molecule has 0 bridgehead atoms. The Kier molecular flexibility index (Phi) is 5.23. The second kappa shape index (κ2) is 7.79. The summed E-state index contributed by atoms with van der Waals surface area (Å²) in [6.07, 6.45) is 0. The van der Waals surface area contributed by atoms with Gasteiger partial charge in [0.2, 0.25) is 0 Å². The highest BCUT2D eigenvalue weighted by Crippen LogP contribution is 2.29. The Morgan fingerprint density at radius 1 is 1.15 bits per heavy atom. The number of aromatic nitrogens is 1. The number of hydrogen-bond donors (Lipinski definition) is 1. The van der Waals surface area contributed by atoms with Crippen LogP contribution in [0.1, 0.15) is 16.1 Å². The Morgan fingerprint density at radius 2 is 1.93 bits per heavy atom. The standard InChI is InChI=1S/C21H20ClN3OS/c1-14-6-7-15(12-17(14)22)23-19-13-20(21(26)25-8-10-27-11-9-25)24-18-5-3-2-4-16(18)19/h2-7,12-13H,8-11H2,1H3,(H,23,24). The van der Waals surface area contributed by atoms with Crippen molar-refractivity contribution in [3.8, 4) is 0 Å². The van der Waals surface area contributed by atoms with E-state index in [1.54, 1.807) is 0 Å². The van der Waals surface area contributed by atoms with Gasteiger partial charge in [-0.2, -0.15) is 11.8 Å². The smallest absolute Gasteiger partial charge is 0.272 e. The SMILES string of the molecule is Cc1ccc(Nc2cc(C(=O)N3CCSCC3)nc3ccccc23)cc1Cl. The van der Waals surface area contributed by atoms with Gasteiger partial charge in [0.15, 0.2) is 0 Å². The van der Waals surface area contributed by atoms with Crippen LogP contribution in [0.4, 0.5) is 11.4 Å². The summed E-state index contributed by atoms with van der Waals surface area (Å²) < 4.78 is 0. The molecule has 0 aliphatic carbocycles. The van der Waals surface area contributed by atoms with Crippen molar-refractivity contribution < 1.29 is 4.79 Å². The number of aryl methyl sites for hydroxylation is 1. The summed E-state index contributed by atoms with van der Waals surface area (Å²) in [5.41, 5.74) is 4.04. The van der Waals surface area contributed by atoms with E-state index in [1.807, 2.05) is 72.1 Å². The number of carbonyl (C=O) groups excluding carboxylic acids is 1. The van der Waals surface area contributed by atoms with Crippen molar-refractivity contribution in [3.05, 3.63) is 64.8 Å². The molecule has 1 aliphatic rings. The third kappa shape index (κ3) is 3.89. The lowest BCUT2D eigenvalue weighted by molar-refractivity contribution is 0.0767. The zero-order valence-corrected chi connectivity index (χ0v) is 16.6. The van der Waals surface area contributed by atoms with Crippen LogP contribution in [0.2, 0.25) is 5.02 Å². The van der Waals surface area contributed by atoms with Crippen LogP contribution in [0.3, 0.4) is 0 Å². The van der Waals surface area contributed by atoms with Crippen LogP contribution in [0.5, 0.6) is 0 Å². The average molecular weight is 398 g/mol. The summed E-state index contributed by atoms with van der Waals surface area (Å²) in [5, 5.41) is 5.09. The molecule has 1 amide bonds. The first kappa shape index (κ1) is 18.1. The highest BCUT2D eigenvalue weighted by molar-refractivity contribution is 7.99. The van der Waals surface area contributed by atoms with Gasteiger partial charge in [0.1, 0.15) is 5.69 Å². The van der Waals surface area contributed by atoms with Crippen molar-refractivity contribution in [2.45, 2.75) is 6.92 Å². The number of rotatable bonds is 3. The highest BCUT2D eigenvalue weighted by Gasteiger charge is 2.21. The summed E-state index contributed by atoms with van der Waals surface area (Å²) in [6.45, 7) is 3.52. The molecule has 1 aliphatic heterocycles. The molecule has 138 valence electrons. The number of fused-ring (bicyclic) bond motifs is 1. The largest absolute Gasteiger partial charge is 0.355 e. The molecule has 27 heavy (non-hydrogen) atoms. The molecule has 0 unspecified atom stereocenters. The number of anilines is 2. The average Bonchev–Trinajstić information content (AvgIpc) is 2.71. The van der Waals surface area contributed by atoms with E-state index in [1.165, 1.54) is 0 Å². The monoisotopic (exact) mass is 397 g/mol. The summed E-state index contributed by atoms with van der Waals surface area (Å²) in [4.78, 5) is 19.5. The fourth-order valence-electron chi connectivity index (χ4n) is 3.14. The van der Waals surface area contributed by atoms with Crippen LogP contribution in [0, 0.1) is 6.92 Å². The Labute approximate surface area is 167 Å². The number of amides is 1. The minimum Gasteiger partial charge on any atom is -0.355 e.